The second kappa shape index (κ2) is 6.11. The van der Waals surface area contributed by atoms with Crippen molar-refractivity contribution in [2.24, 2.45) is 5.73 Å². The molecule has 0 saturated heterocycles. The molecule has 24 heavy (non-hydrogen) atoms. The Kier molecular flexibility index (Phi) is 3.99. The zero-order chi connectivity index (χ0) is 17.3. The summed E-state index contributed by atoms with van der Waals surface area (Å²) in [4.78, 5) is 10.9. The Balaban J connectivity index is 2.02. The maximum absolute atomic E-state index is 13.5. The van der Waals surface area contributed by atoms with Crippen molar-refractivity contribution in [2.45, 2.75) is 6.92 Å². The first-order chi connectivity index (χ1) is 11.4. The van der Waals surface area contributed by atoms with Gasteiger partial charge in [-0.3, -0.25) is 0 Å². The maximum atomic E-state index is 13.5. The summed E-state index contributed by atoms with van der Waals surface area (Å²) in [5, 5.41) is 6.85. The summed E-state index contributed by atoms with van der Waals surface area (Å²) in [6.07, 6.45) is 0. The molecule has 0 aliphatic rings. The van der Waals surface area contributed by atoms with Crippen LogP contribution in [-0.2, 0) is 0 Å². The zero-order valence-electron chi connectivity index (χ0n) is 12.8. The normalized spacial score (nSPS) is 10.6. The van der Waals surface area contributed by atoms with Crippen molar-refractivity contribution in [3.63, 3.8) is 0 Å². The van der Waals surface area contributed by atoms with Crippen molar-refractivity contribution >= 4 is 11.7 Å². The molecule has 0 unspecified atom stereocenters. The molecule has 1 heterocycles. The van der Waals surface area contributed by atoms with Gasteiger partial charge in [-0.1, -0.05) is 0 Å². The topological polar surface area (TPSA) is 72.9 Å². The molecule has 0 aliphatic carbocycles. The van der Waals surface area contributed by atoms with Crippen LogP contribution in [-0.4, -0.2) is 15.8 Å². The van der Waals surface area contributed by atoms with Crippen molar-refractivity contribution in [3.8, 4) is 16.9 Å². The lowest BCUT2D eigenvalue weighted by Gasteiger charge is -2.09. The number of primary amides is 1. The largest absolute Gasteiger partial charge is 0.351 e. The lowest BCUT2D eigenvalue weighted by molar-refractivity contribution is 0.259. The quantitative estimate of drug-likeness (QED) is 0.771. The monoisotopic (exact) mass is 328 g/mol. The van der Waals surface area contributed by atoms with E-state index < -0.39 is 17.7 Å². The zero-order valence-corrected chi connectivity index (χ0v) is 12.8. The third-order valence-electron chi connectivity index (χ3n) is 3.43. The summed E-state index contributed by atoms with van der Waals surface area (Å²) in [7, 11) is 0. The van der Waals surface area contributed by atoms with Crippen molar-refractivity contribution in [1.82, 2.24) is 9.78 Å². The predicted molar refractivity (Wildman–Crippen MR) is 86.9 cm³/mol. The highest BCUT2D eigenvalue weighted by Crippen LogP contribution is 2.26. The van der Waals surface area contributed by atoms with Gasteiger partial charge in [0.25, 0.3) is 0 Å². The van der Waals surface area contributed by atoms with Crippen molar-refractivity contribution in [1.29, 1.82) is 0 Å². The summed E-state index contributed by atoms with van der Waals surface area (Å²) < 4.78 is 28.3. The van der Waals surface area contributed by atoms with E-state index >= 15 is 0 Å². The van der Waals surface area contributed by atoms with Gasteiger partial charge in [0.05, 0.1) is 17.1 Å². The van der Waals surface area contributed by atoms with E-state index in [9.17, 15) is 13.6 Å². The van der Waals surface area contributed by atoms with Crippen molar-refractivity contribution in [2.75, 3.05) is 5.32 Å². The van der Waals surface area contributed by atoms with Gasteiger partial charge in [-0.2, -0.15) is 5.10 Å². The molecule has 3 aromatic rings. The van der Waals surface area contributed by atoms with Gasteiger partial charge in [-0.25, -0.2) is 18.3 Å². The molecular weight excluding hydrogens is 314 g/mol. The number of urea groups is 1. The standard InChI is InChI=1S/C17H14F2N4O/c1-10-8-16(11-2-7-14(18)15(19)9-11)23(22-10)13-5-3-12(4-6-13)21-17(20)24/h2-9H,1H3,(H3,20,21,24). The molecule has 0 fully saturated rings. The molecule has 0 spiro atoms. The highest BCUT2D eigenvalue weighted by molar-refractivity contribution is 5.87. The molecule has 2 amide bonds. The van der Waals surface area contributed by atoms with Gasteiger partial charge >= 0.3 is 6.03 Å². The molecule has 3 N–H and O–H groups in total. The number of benzene rings is 2. The van der Waals surface area contributed by atoms with Crippen LogP contribution in [0.4, 0.5) is 19.3 Å². The average molecular weight is 328 g/mol. The number of aryl methyl sites for hydroxylation is 1. The minimum absolute atomic E-state index is 0.508. The first kappa shape index (κ1) is 15.7. The molecule has 0 atom stereocenters. The predicted octanol–water partition coefficient (Wildman–Crippen LogP) is 3.62. The number of hydrogen-bond acceptors (Lipinski definition) is 2. The maximum Gasteiger partial charge on any atom is 0.316 e. The summed E-state index contributed by atoms with van der Waals surface area (Å²) in [5.74, 6) is -1.82. The Morgan fingerprint density at radius 2 is 1.79 bits per heavy atom. The smallest absolute Gasteiger partial charge is 0.316 e. The molecule has 7 heteroatoms. The first-order valence-corrected chi connectivity index (χ1v) is 7.13. The van der Waals surface area contributed by atoms with Crippen LogP contribution in [0.25, 0.3) is 16.9 Å². The summed E-state index contributed by atoms with van der Waals surface area (Å²) in [6.45, 7) is 1.81. The fourth-order valence-electron chi connectivity index (χ4n) is 2.39. The Morgan fingerprint density at radius 1 is 1.08 bits per heavy atom. The number of halogens is 2. The molecule has 0 saturated carbocycles. The summed E-state index contributed by atoms with van der Waals surface area (Å²) in [6, 6.07) is 11.7. The number of amides is 2. The molecule has 0 aliphatic heterocycles. The van der Waals surface area contributed by atoms with E-state index in [2.05, 4.69) is 10.4 Å². The minimum Gasteiger partial charge on any atom is -0.351 e. The van der Waals surface area contributed by atoms with Gasteiger partial charge in [-0.05, 0) is 55.5 Å². The number of carbonyl (C=O) groups is 1. The molecule has 0 bridgehead atoms. The van der Waals surface area contributed by atoms with Crippen LogP contribution >= 0.6 is 0 Å². The molecule has 5 nitrogen and oxygen atoms in total. The van der Waals surface area contributed by atoms with E-state index in [-0.39, 0.29) is 0 Å². The van der Waals surface area contributed by atoms with Crippen LogP contribution in [0.15, 0.2) is 48.5 Å². The SMILES string of the molecule is Cc1cc(-c2ccc(F)c(F)c2)n(-c2ccc(NC(N)=O)cc2)n1. The third-order valence-corrected chi connectivity index (χ3v) is 3.43. The fraction of sp³-hybridized carbons (Fsp3) is 0.0588. The van der Waals surface area contributed by atoms with Gasteiger partial charge < -0.3 is 11.1 Å². The number of carbonyl (C=O) groups excluding carboxylic acids is 1. The lowest BCUT2D eigenvalue weighted by Crippen LogP contribution is -2.19. The Labute approximate surface area is 136 Å². The van der Waals surface area contributed by atoms with Gasteiger partial charge in [0.15, 0.2) is 11.6 Å². The van der Waals surface area contributed by atoms with Gasteiger partial charge in [0.2, 0.25) is 0 Å². The molecular formula is C17H14F2N4O. The summed E-state index contributed by atoms with van der Waals surface area (Å²) >= 11 is 0. The van der Waals surface area contributed by atoms with Crippen molar-refractivity contribution in [3.05, 3.63) is 65.9 Å². The summed E-state index contributed by atoms with van der Waals surface area (Å²) in [5.41, 5.74) is 8.19. The Hall–Kier alpha value is -3.22. The fourth-order valence-corrected chi connectivity index (χ4v) is 2.39. The molecule has 2 aromatic carbocycles. The van der Waals surface area contributed by atoms with E-state index in [1.54, 1.807) is 35.0 Å². The van der Waals surface area contributed by atoms with E-state index in [1.807, 2.05) is 6.92 Å². The Morgan fingerprint density at radius 3 is 2.42 bits per heavy atom. The lowest BCUT2D eigenvalue weighted by atomic mass is 10.1. The van der Waals surface area contributed by atoms with Gasteiger partial charge in [-0.15, -0.1) is 0 Å². The number of nitrogens with zero attached hydrogens (tertiary/aromatic N) is 2. The number of anilines is 1. The second-order valence-corrected chi connectivity index (χ2v) is 5.25. The number of nitrogens with two attached hydrogens (primary N) is 1. The number of nitrogens with one attached hydrogen (secondary N) is 1. The van der Waals surface area contributed by atoms with Gasteiger partial charge in [0, 0.05) is 11.3 Å². The van der Waals surface area contributed by atoms with Crippen LogP contribution < -0.4 is 11.1 Å². The van der Waals surface area contributed by atoms with Crippen LogP contribution in [0, 0.1) is 18.6 Å². The van der Waals surface area contributed by atoms with E-state index in [1.165, 1.54) is 6.07 Å². The van der Waals surface area contributed by atoms with Crippen LogP contribution in [0.5, 0.6) is 0 Å². The third kappa shape index (κ3) is 3.10. The van der Waals surface area contributed by atoms with Crippen LogP contribution in [0.3, 0.4) is 0 Å². The highest BCUT2D eigenvalue weighted by atomic mass is 19.2. The Bertz CT molecular complexity index is 903. The highest BCUT2D eigenvalue weighted by Gasteiger charge is 2.12. The van der Waals surface area contributed by atoms with E-state index in [0.717, 1.165) is 17.8 Å². The number of hydrogen-bond donors (Lipinski definition) is 2. The van der Waals surface area contributed by atoms with Gasteiger partial charge in [0.1, 0.15) is 0 Å². The van der Waals surface area contributed by atoms with Crippen molar-refractivity contribution < 1.29 is 13.6 Å². The molecule has 1 aromatic heterocycles. The first-order valence-electron chi connectivity index (χ1n) is 7.13. The molecule has 122 valence electrons. The minimum atomic E-state index is -0.918. The molecule has 0 radical (unpaired) electrons. The van der Waals surface area contributed by atoms with Crippen LogP contribution in [0.1, 0.15) is 5.69 Å². The number of aromatic nitrogens is 2. The van der Waals surface area contributed by atoms with E-state index in [4.69, 9.17) is 5.73 Å². The second-order valence-electron chi connectivity index (χ2n) is 5.25. The van der Waals surface area contributed by atoms with Crippen LogP contribution in [0.2, 0.25) is 0 Å². The van der Waals surface area contributed by atoms with E-state index in [0.29, 0.717) is 22.6 Å². The average Bonchev–Trinajstić information content (AvgIpc) is 2.92. The number of rotatable bonds is 3. The molecule has 3 rings (SSSR count).